The monoisotopic (exact) mass is 228 g/mol. The molecule has 4 heteroatoms. The predicted octanol–water partition coefficient (Wildman–Crippen LogP) is 0.916. The molecule has 0 aromatic heterocycles. The van der Waals surface area contributed by atoms with Gasteiger partial charge in [-0.3, -0.25) is 4.79 Å². The Morgan fingerprint density at radius 2 is 2.25 bits per heavy atom. The SMILES string of the molecule is CC(NC(=O)CC1CNCCO1)C(C)(C)C. The molecule has 4 nitrogen and oxygen atoms in total. The minimum absolute atomic E-state index is 0.0286. The number of hydrogen-bond donors (Lipinski definition) is 2. The minimum atomic E-state index is 0.0286. The summed E-state index contributed by atoms with van der Waals surface area (Å²) in [5.41, 5.74) is 0.0985. The average molecular weight is 228 g/mol. The van der Waals surface area contributed by atoms with Crippen LogP contribution < -0.4 is 10.6 Å². The van der Waals surface area contributed by atoms with Crippen molar-refractivity contribution in [1.29, 1.82) is 0 Å². The van der Waals surface area contributed by atoms with E-state index in [1.54, 1.807) is 0 Å². The second-order valence-corrected chi connectivity index (χ2v) is 5.56. The molecule has 0 aliphatic carbocycles. The fraction of sp³-hybridized carbons (Fsp3) is 0.917. The highest BCUT2D eigenvalue weighted by molar-refractivity contribution is 5.76. The second-order valence-electron chi connectivity index (χ2n) is 5.56. The molecule has 1 aliphatic heterocycles. The molecule has 0 aromatic rings. The van der Waals surface area contributed by atoms with Crippen LogP contribution in [-0.2, 0) is 9.53 Å². The Bertz CT molecular complexity index is 230. The van der Waals surface area contributed by atoms with E-state index in [1.165, 1.54) is 0 Å². The number of amides is 1. The van der Waals surface area contributed by atoms with E-state index in [1.807, 2.05) is 6.92 Å². The third-order valence-electron chi connectivity index (χ3n) is 3.09. The van der Waals surface area contributed by atoms with Crippen LogP contribution in [-0.4, -0.2) is 37.7 Å². The summed E-state index contributed by atoms with van der Waals surface area (Å²) >= 11 is 0. The Balaban J connectivity index is 2.29. The molecule has 0 aromatic carbocycles. The Morgan fingerprint density at radius 1 is 1.56 bits per heavy atom. The van der Waals surface area contributed by atoms with Crippen molar-refractivity contribution >= 4 is 5.91 Å². The van der Waals surface area contributed by atoms with E-state index in [9.17, 15) is 4.79 Å². The van der Waals surface area contributed by atoms with Crippen molar-refractivity contribution in [2.45, 2.75) is 46.3 Å². The van der Waals surface area contributed by atoms with E-state index >= 15 is 0 Å². The Labute approximate surface area is 98.1 Å². The summed E-state index contributed by atoms with van der Waals surface area (Å²) in [6.45, 7) is 10.8. The van der Waals surface area contributed by atoms with Crippen molar-refractivity contribution in [3.05, 3.63) is 0 Å². The van der Waals surface area contributed by atoms with E-state index < -0.39 is 0 Å². The summed E-state index contributed by atoms with van der Waals surface area (Å²) in [7, 11) is 0. The Kier molecular flexibility index (Phi) is 4.74. The number of morpholine rings is 1. The lowest BCUT2D eigenvalue weighted by molar-refractivity contribution is -0.125. The summed E-state index contributed by atoms with van der Waals surface area (Å²) in [5, 5.41) is 6.24. The zero-order chi connectivity index (χ0) is 12.2. The van der Waals surface area contributed by atoms with Crippen LogP contribution in [0.25, 0.3) is 0 Å². The summed E-state index contributed by atoms with van der Waals surface area (Å²) in [5.74, 6) is 0.0797. The highest BCUT2D eigenvalue weighted by atomic mass is 16.5. The van der Waals surface area contributed by atoms with Crippen LogP contribution in [0.15, 0.2) is 0 Å². The van der Waals surface area contributed by atoms with Crippen LogP contribution in [0.5, 0.6) is 0 Å². The number of hydrogen-bond acceptors (Lipinski definition) is 3. The van der Waals surface area contributed by atoms with Crippen LogP contribution in [0.3, 0.4) is 0 Å². The van der Waals surface area contributed by atoms with Gasteiger partial charge in [0.2, 0.25) is 5.91 Å². The lowest BCUT2D eigenvalue weighted by atomic mass is 9.88. The Morgan fingerprint density at radius 3 is 2.75 bits per heavy atom. The van der Waals surface area contributed by atoms with E-state index in [-0.39, 0.29) is 23.5 Å². The number of rotatable bonds is 3. The largest absolute Gasteiger partial charge is 0.375 e. The fourth-order valence-corrected chi connectivity index (χ4v) is 1.47. The quantitative estimate of drug-likeness (QED) is 0.755. The molecule has 2 atom stereocenters. The van der Waals surface area contributed by atoms with Crippen molar-refractivity contribution in [3.63, 3.8) is 0 Å². The Hall–Kier alpha value is -0.610. The van der Waals surface area contributed by atoms with Gasteiger partial charge in [0.25, 0.3) is 0 Å². The molecule has 1 fully saturated rings. The van der Waals surface area contributed by atoms with E-state index in [4.69, 9.17) is 4.74 Å². The van der Waals surface area contributed by atoms with Crippen LogP contribution in [0.2, 0.25) is 0 Å². The first-order chi connectivity index (χ1) is 7.39. The smallest absolute Gasteiger partial charge is 0.222 e. The number of carbonyl (C=O) groups excluding carboxylic acids is 1. The van der Waals surface area contributed by atoms with E-state index in [0.29, 0.717) is 13.0 Å². The number of carbonyl (C=O) groups is 1. The van der Waals surface area contributed by atoms with Gasteiger partial charge in [-0.25, -0.2) is 0 Å². The maximum atomic E-state index is 11.7. The maximum absolute atomic E-state index is 11.7. The first-order valence-electron chi connectivity index (χ1n) is 6.01. The molecule has 0 saturated carbocycles. The van der Waals surface area contributed by atoms with Gasteiger partial charge in [-0.05, 0) is 12.3 Å². The second kappa shape index (κ2) is 5.64. The van der Waals surface area contributed by atoms with Crippen molar-refractivity contribution in [3.8, 4) is 0 Å². The van der Waals surface area contributed by atoms with Gasteiger partial charge >= 0.3 is 0 Å². The molecule has 1 rings (SSSR count). The zero-order valence-corrected chi connectivity index (χ0v) is 10.8. The van der Waals surface area contributed by atoms with Gasteiger partial charge in [-0.2, -0.15) is 0 Å². The highest BCUT2D eigenvalue weighted by Gasteiger charge is 2.23. The molecule has 1 saturated heterocycles. The highest BCUT2D eigenvalue weighted by Crippen LogP contribution is 2.18. The van der Waals surface area contributed by atoms with Crippen LogP contribution in [0.1, 0.15) is 34.1 Å². The van der Waals surface area contributed by atoms with Crippen molar-refractivity contribution in [2.24, 2.45) is 5.41 Å². The van der Waals surface area contributed by atoms with Crippen LogP contribution in [0.4, 0.5) is 0 Å². The van der Waals surface area contributed by atoms with E-state index in [2.05, 4.69) is 31.4 Å². The summed E-state index contributed by atoms with van der Waals surface area (Å²) in [4.78, 5) is 11.7. The lowest BCUT2D eigenvalue weighted by Gasteiger charge is -2.29. The van der Waals surface area contributed by atoms with Crippen molar-refractivity contribution < 1.29 is 9.53 Å². The number of ether oxygens (including phenoxy) is 1. The van der Waals surface area contributed by atoms with Crippen molar-refractivity contribution in [1.82, 2.24) is 10.6 Å². The van der Waals surface area contributed by atoms with E-state index in [0.717, 1.165) is 13.1 Å². The average Bonchev–Trinajstić information content (AvgIpc) is 2.17. The molecule has 1 amide bonds. The topological polar surface area (TPSA) is 50.4 Å². The lowest BCUT2D eigenvalue weighted by Crippen LogP contribution is -2.45. The molecule has 2 unspecified atom stereocenters. The van der Waals surface area contributed by atoms with Crippen LogP contribution >= 0.6 is 0 Å². The molecular weight excluding hydrogens is 204 g/mol. The minimum Gasteiger partial charge on any atom is -0.375 e. The van der Waals surface area contributed by atoms with Gasteiger partial charge in [-0.1, -0.05) is 20.8 Å². The van der Waals surface area contributed by atoms with Crippen LogP contribution in [0, 0.1) is 5.41 Å². The summed E-state index contributed by atoms with van der Waals surface area (Å²) in [6, 6.07) is 0.177. The van der Waals surface area contributed by atoms with Gasteiger partial charge in [-0.15, -0.1) is 0 Å². The maximum Gasteiger partial charge on any atom is 0.222 e. The van der Waals surface area contributed by atoms with Gasteiger partial charge in [0.1, 0.15) is 0 Å². The third-order valence-corrected chi connectivity index (χ3v) is 3.09. The molecule has 94 valence electrons. The molecule has 2 N–H and O–H groups in total. The molecule has 1 aliphatic rings. The molecule has 16 heavy (non-hydrogen) atoms. The standard InChI is InChI=1S/C12H24N2O2/c1-9(12(2,3)4)14-11(15)7-10-8-13-5-6-16-10/h9-10,13H,5-8H2,1-4H3,(H,14,15). The fourth-order valence-electron chi connectivity index (χ4n) is 1.47. The first kappa shape index (κ1) is 13.5. The van der Waals surface area contributed by atoms with Gasteiger partial charge < -0.3 is 15.4 Å². The molecule has 1 heterocycles. The normalized spacial score (nSPS) is 23.9. The van der Waals surface area contributed by atoms with Gasteiger partial charge in [0.05, 0.1) is 19.1 Å². The number of nitrogens with one attached hydrogen (secondary N) is 2. The molecule has 0 radical (unpaired) electrons. The van der Waals surface area contributed by atoms with Gasteiger partial charge in [0.15, 0.2) is 0 Å². The molecular formula is C12H24N2O2. The van der Waals surface area contributed by atoms with Crippen molar-refractivity contribution in [2.75, 3.05) is 19.7 Å². The molecule has 0 bridgehead atoms. The predicted molar refractivity (Wildman–Crippen MR) is 64.3 cm³/mol. The van der Waals surface area contributed by atoms with Gasteiger partial charge in [0, 0.05) is 19.1 Å². The third kappa shape index (κ3) is 4.49. The summed E-state index contributed by atoms with van der Waals surface area (Å²) in [6.07, 6.45) is 0.480. The molecule has 0 spiro atoms. The first-order valence-corrected chi connectivity index (χ1v) is 6.01. The zero-order valence-electron chi connectivity index (χ0n) is 10.8. The summed E-state index contributed by atoms with van der Waals surface area (Å²) < 4.78 is 5.49.